The minimum Gasteiger partial charge on any atom is -0.496 e. The Labute approximate surface area is 129 Å². The zero-order valence-corrected chi connectivity index (χ0v) is 13.7. The first kappa shape index (κ1) is 16.2. The molecule has 1 fully saturated rings. The standard InChI is InChI=1S/C18H29NO2/c1-4-13-19-15-10-7-5-6-9-14(15)18-16(20-2)11-8-12-17(18)21-3/h8,11-12,14-15,19H,4-7,9-10,13H2,1-3H3. The number of rotatable bonds is 6. The maximum atomic E-state index is 5.63. The zero-order chi connectivity index (χ0) is 15.1. The third-order valence-electron chi connectivity index (χ3n) is 4.51. The van der Waals surface area contributed by atoms with Crippen LogP contribution in [0.15, 0.2) is 18.2 Å². The van der Waals surface area contributed by atoms with Gasteiger partial charge in [0.2, 0.25) is 0 Å². The van der Waals surface area contributed by atoms with Crippen LogP contribution in [-0.2, 0) is 0 Å². The van der Waals surface area contributed by atoms with E-state index in [-0.39, 0.29) is 0 Å². The van der Waals surface area contributed by atoms with Crippen LogP contribution in [0, 0.1) is 0 Å². The second-order valence-electron chi connectivity index (χ2n) is 5.88. The van der Waals surface area contributed by atoms with Crippen LogP contribution >= 0.6 is 0 Å². The van der Waals surface area contributed by atoms with E-state index in [1.807, 2.05) is 6.07 Å². The van der Waals surface area contributed by atoms with Crippen LogP contribution in [0.3, 0.4) is 0 Å². The van der Waals surface area contributed by atoms with Gasteiger partial charge in [-0.2, -0.15) is 0 Å². The van der Waals surface area contributed by atoms with E-state index in [0.29, 0.717) is 12.0 Å². The molecular weight excluding hydrogens is 262 g/mol. The molecule has 1 aromatic rings. The number of methoxy groups -OCH3 is 2. The monoisotopic (exact) mass is 291 g/mol. The molecule has 0 aliphatic heterocycles. The maximum Gasteiger partial charge on any atom is 0.126 e. The molecule has 0 radical (unpaired) electrons. The van der Waals surface area contributed by atoms with Gasteiger partial charge in [-0.1, -0.05) is 32.3 Å². The van der Waals surface area contributed by atoms with Gasteiger partial charge in [0.15, 0.2) is 0 Å². The fraction of sp³-hybridized carbons (Fsp3) is 0.667. The molecule has 0 amide bonds. The molecule has 1 aromatic carbocycles. The lowest BCUT2D eigenvalue weighted by Crippen LogP contribution is -2.35. The molecule has 21 heavy (non-hydrogen) atoms. The maximum absolute atomic E-state index is 5.63. The molecule has 1 aliphatic carbocycles. The van der Waals surface area contributed by atoms with Gasteiger partial charge in [-0.15, -0.1) is 0 Å². The molecular formula is C18H29NO2. The number of nitrogens with one attached hydrogen (secondary N) is 1. The summed E-state index contributed by atoms with van der Waals surface area (Å²) in [7, 11) is 3.51. The Morgan fingerprint density at radius 1 is 1.05 bits per heavy atom. The molecule has 0 saturated heterocycles. The van der Waals surface area contributed by atoms with E-state index in [4.69, 9.17) is 9.47 Å². The van der Waals surface area contributed by atoms with Crippen LogP contribution < -0.4 is 14.8 Å². The topological polar surface area (TPSA) is 30.5 Å². The van der Waals surface area contributed by atoms with Crippen molar-refractivity contribution in [1.82, 2.24) is 5.32 Å². The van der Waals surface area contributed by atoms with Gasteiger partial charge in [-0.25, -0.2) is 0 Å². The first-order valence-electron chi connectivity index (χ1n) is 8.26. The minimum atomic E-state index is 0.477. The summed E-state index contributed by atoms with van der Waals surface area (Å²) in [5.41, 5.74) is 1.25. The number of hydrogen-bond donors (Lipinski definition) is 1. The van der Waals surface area contributed by atoms with Gasteiger partial charge in [-0.3, -0.25) is 0 Å². The Morgan fingerprint density at radius 2 is 1.71 bits per heavy atom. The van der Waals surface area contributed by atoms with Crippen LogP contribution in [0.2, 0.25) is 0 Å². The van der Waals surface area contributed by atoms with Crippen molar-refractivity contribution in [2.75, 3.05) is 20.8 Å². The van der Waals surface area contributed by atoms with E-state index in [0.717, 1.165) is 18.0 Å². The van der Waals surface area contributed by atoms with Crippen molar-refractivity contribution in [2.45, 2.75) is 57.4 Å². The molecule has 2 atom stereocenters. The van der Waals surface area contributed by atoms with E-state index in [1.54, 1.807) is 14.2 Å². The van der Waals surface area contributed by atoms with Gasteiger partial charge in [-0.05, 0) is 37.9 Å². The summed E-state index contributed by atoms with van der Waals surface area (Å²) >= 11 is 0. The molecule has 3 heteroatoms. The van der Waals surface area contributed by atoms with Gasteiger partial charge >= 0.3 is 0 Å². The second kappa shape index (κ2) is 8.28. The van der Waals surface area contributed by atoms with Crippen molar-refractivity contribution in [1.29, 1.82) is 0 Å². The van der Waals surface area contributed by atoms with Crippen LogP contribution in [0.25, 0.3) is 0 Å². The van der Waals surface area contributed by atoms with Crippen LogP contribution in [0.5, 0.6) is 11.5 Å². The first-order valence-corrected chi connectivity index (χ1v) is 8.26. The molecule has 3 nitrogen and oxygen atoms in total. The Balaban J connectivity index is 2.34. The third-order valence-corrected chi connectivity index (χ3v) is 4.51. The van der Waals surface area contributed by atoms with E-state index < -0.39 is 0 Å². The Morgan fingerprint density at radius 3 is 2.33 bits per heavy atom. The second-order valence-corrected chi connectivity index (χ2v) is 5.88. The van der Waals surface area contributed by atoms with Crippen molar-refractivity contribution in [3.8, 4) is 11.5 Å². The van der Waals surface area contributed by atoms with Crippen molar-refractivity contribution < 1.29 is 9.47 Å². The van der Waals surface area contributed by atoms with Gasteiger partial charge in [0.05, 0.1) is 14.2 Å². The average Bonchev–Trinajstić information content (AvgIpc) is 2.77. The van der Waals surface area contributed by atoms with E-state index in [1.165, 1.54) is 44.1 Å². The summed E-state index contributed by atoms with van der Waals surface area (Å²) in [6.07, 6.45) is 7.56. The Kier molecular flexibility index (Phi) is 6.37. The summed E-state index contributed by atoms with van der Waals surface area (Å²) in [4.78, 5) is 0. The molecule has 118 valence electrons. The highest BCUT2D eigenvalue weighted by Gasteiger charge is 2.29. The zero-order valence-electron chi connectivity index (χ0n) is 13.7. The lowest BCUT2D eigenvalue weighted by Gasteiger charge is -2.29. The number of hydrogen-bond acceptors (Lipinski definition) is 3. The molecule has 1 saturated carbocycles. The van der Waals surface area contributed by atoms with Crippen molar-refractivity contribution in [3.05, 3.63) is 23.8 Å². The van der Waals surface area contributed by atoms with Crippen LogP contribution in [0.4, 0.5) is 0 Å². The largest absolute Gasteiger partial charge is 0.496 e. The van der Waals surface area contributed by atoms with E-state index in [2.05, 4.69) is 24.4 Å². The fourth-order valence-electron chi connectivity index (χ4n) is 3.47. The molecule has 0 heterocycles. The quantitative estimate of drug-likeness (QED) is 0.800. The lowest BCUT2D eigenvalue weighted by atomic mass is 9.86. The molecule has 2 rings (SSSR count). The molecule has 1 aliphatic rings. The van der Waals surface area contributed by atoms with Crippen LogP contribution in [0.1, 0.15) is 56.9 Å². The molecule has 0 aromatic heterocycles. The van der Waals surface area contributed by atoms with Gasteiger partial charge in [0, 0.05) is 17.5 Å². The Hall–Kier alpha value is -1.22. The fourth-order valence-corrected chi connectivity index (χ4v) is 3.47. The van der Waals surface area contributed by atoms with Crippen LogP contribution in [-0.4, -0.2) is 26.8 Å². The summed E-state index contributed by atoms with van der Waals surface area (Å²) in [5.74, 6) is 2.40. The molecule has 2 unspecified atom stereocenters. The summed E-state index contributed by atoms with van der Waals surface area (Å²) in [5, 5.41) is 3.75. The molecule has 0 spiro atoms. The Bertz CT molecular complexity index is 411. The predicted molar refractivity (Wildman–Crippen MR) is 87.5 cm³/mol. The van der Waals surface area contributed by atoms with Gasteiger partial charge in [0.25, 0.3) is 0 Å². The average molecular weight is 291 g/mol. The SMILES string of the molecule is CCCNC1CCCCCC1c1c(OC)cccc1OC. The highest BCUT2D eigenvalue weighted by molar-refractivity contribution is 5.48. The van der Waals surface area contributed by atoms with Gasteiger partial charge in [0.1, 0.15) is 11.5 Å². The summed E-state index contributed by atoms with van der Waals surface area (Å²) in [6.45, 7) is 3.31. The smallest absolute Gasteiger partial charge is 0.126 e. The highest BCUT2D eigenvalue weighted by Crippen LogP contribution is 2.42. The molecule has 1 N–H and O–H groups in total. The van der Waals surface area contributed by atoms with E-state index >= 15 is 0 Å². The first-order chi connectivity index (χ1) is 10.3. The summed E-state index contributed by atoms with van der Waals surface area (Å²) < 4.78 is 11.3. The minimum absolute atomic E-state index is 0.477. The van der Waals surface area contributed by atoms with Crippen molar-refractivity contribution in [2.24, 2.45) is 0 Å². The predicted octanol–water partition coefficient (Wildman–Crippen LogP) is 4.12. The normalized spacial score (nSPS) is 22.6. The highest BCUT2D eigenvalue weighted by atomic mass is 16.5. The van der Waals surface area contributed by atoms with Crippen molar-refractivity contribution >= 4 is 0 Å². The lowest BCUT2D eigenvalue weighted by molar-refractivity contribution is 0.351. The van der Waals surface area contributed by atoms with Gasteiger partial charge < -0.3 is 14.8 Å². The molecule has 0 bridgehead atoms. The third kappa shape index (κ3) is 3.91. The van der Waals surface area contributed by atoms with Crippen molar-refractivity contribution in [3.63, 3.8) is 0 Å². The number of ether oxygens (including phenoxy) is 2. The summed E-state index contributed by atoms with van der Waals surface area (Å²) in [6, 6.07) is 6.64. The van der Waals surface area contributed by atoms with E-state index in [9.17, 15) is 0 Å². The number of benzene rings is 1.